The standard InChI is InChI=1S/C24H34N4O3/c1-24(2,3)31-23(30)26(4)17-9-12-27(13-10-17)16-22(29)28-14-11-21-19(15-28)18-7-5-6-8-20(18)25-21/h5-8,17,25H,9-16H2,1-4H3. The van der Waals surface area contributed by atoms with Gasteiger partial charge in [0.2, 0.25) is 5.91 Å². The SMILES string of the molecule is CN(C(=O)OC(C)(C)C)C1CCN(CC(=O)N2CCc3[nH]c4ccccc4c3C2)CC1. The quantitative estimate of drug-likeness (QED) is 0.817. The van der Waals surface area contributed by atoms with Gasteiger partial charge in [0.15, 0.2) is 0 Å². The molecule has 1 aromatic carbocycles. The molecule has 0 bridgehead atoms. The van der Waals surface area contributed by atoms with Crippen LogP contribution in [0, 0.1) is 0 Å². The molecule has 1 N–H and O–H groups in total. The number of carbonyl (C=O) groups excluding carboxylic acids is 2. The van der Waals surface area contributed by atoms with Crippen LogP contribution in [0.15, 0.2) is 24.3 Å². The van der Waals surface area contributed by atoms with Gasteiger partial charge in [-0.3, -0.25) is 9.69 Å². The molecule has 2 aliphatic heterocycles. The van der Waals surface area contributed by atoms with E-state index in [-0.39, 0.29) is 18.0 Å². The molecule has 3 heterocycles. The van der Waals surface area contributed by atoms with E-state index in [1.54, 1.807) is 4.90 Å². The summed E-state index contributed by atoms with van der Waals surface area (Å²) in [5.74, 6) is 0.190. The highest BCUT2D eigenvalue weighted by Gasteiger charge is 2.30. The molecule has 1 saturated heterocycles. The fourth-order valence-electron chi connectivity index (χ4n) is 4.62. The van der Waals surface area contributed by atoms with E-state index in [4.69, 9.17) is 4.74 Å². The molecule has 31 heavy (non-hydrogen) atoms. The van der Waals surface area contributed by atoms with Gasteiger partial charge in [-0.1, -0.05) is 18.2 Å². The van der Waals surface area contributed by atoms with Crippen molar-refractivity contribution >= 4 is 22.9 Å². The molecular formula is C24H34N4O3. The Morgan fingerprint density at radius 3 is 2.58 bits per heavy atom. The summed E-state index contributed by atoms with van der Waals surface area (Å²) in [6, 6.07) is 8.47. The lowest BCUT2D eigenvalue weighted by atomic mass is 10.0. The number of para-hydroxylation sites is 1. The number of likely N-dealkylation sites (tertiary alicyclic amines) is 1. The van der Waals surface area contributed by atoms with Crippen LogP contribution in [-0.2, 0) is 22.5 Å². The van der Waals surface area contributed by atoms with Crippen molar-refractivity contribution < 1.29 is 14.3 Å². The Kier molecular flexibility index (Phi) is 5.97. The highest BCUT2D eigenvalue weighted by atomic mass is 16.6. The number of hydrogen-bond acceptors (Lipinski definition) is 4. The molecule has 7 heteroatoms. The Hall–Kier alpha value is -2.54. The number of amides is 2. The lowest BCUT2D eigenvalue weighted by Crippen LogP contribution is -2.49. The Morgan fingerprint density at radius 1 is 1.16 bits per heavy atom. The van der Waals surface area contributed by atoms with Crippen LogP contribution in [0.2, 0.25) is 0 Å². The summed E-state index contributed by atoms with van der Waals surface area (Å²) in [5, 5.41) is 1.22. The Labute approximate surface area is 184 Å². The molecule has 2 amide bonds. The Bertz CT molecular complexity index is 953. The number of hydrogen-bond donors (Lipinski definition) is 1. The van der Waals surface area contributed by atoms with Crippen molar-refractivity contribution in [2.45, 2.75) is 58.2 Å². The first kappa shape index (κ1) is 21.7. The van der Waals surface area contributed by atoms with Crippen LogP contribution in [0.3, 0.4) is 0 Å². The molecule has 1 fully saturated rings. The second-order valence-electron chi connectivity index (χ2n) is 9.79. The third kappa shape index (κ3) is 4.87. The van der Waals surface area contributed by atoms with Crippen LogP contribution in [0.5, 0.6) is 0 Å². The van der Waals surface area contributed by atoms with Crippen LogP contribution in [0.1, 0.15) is 44.9 Å². The molecule has 168 valence electrons. The molecule has 2 aliphatic rings. The predicted molar refractivity (Wildman–Crippen MR) is 121 cm³/mol. The Morgan fingerprint density at radius 2 is 1.87 bits per heavy atom. The maximum atomic E-state index is 13.0. The number of rotatable bonds is 3. The van der Waals surface area contributed by atoms with Crippen LogP contribution in [0.25, 0.3) is 10.9 Å². The van der Waals surface area contributed by atoms with Crippen LogP contribution < -0.4 is 0 Å². The number of benzene rings is 1. The van der Waals surface area contributed by atoms with Gasteiger partial charge < -0.3 is 19.5 Å². The lowest BCUT2D eigenvalue weighted by Gasteiger charge is -2.38. The minimum Gasteiger partial charge on any atom is -0.444 e. The van der Waals surface area contributed by atoms with E-state index in [0.29, 0.717) is 13.1 Å². The molecule has 0 aliphatic carbocycles. The first-order chi connectivity index (χ1) is 14.7. The molecule has 1 aromatic heterocycles. The normalized spacial score (nSPS) is 18.1. The molecule has 7 nitrogen and oxygen atoms in total. The zero-order chi connectivity index (χ0) is 22.2. The van der Waals surface area contributed by atoms with Gasteiger partial charge in [-0.25, -0.2) is 4.79 Å². The Balaban J connectivity index is 1.29. The number of piperidine rings is 1. The fourth-order valence-corrected chi connectivity index (χ4v) is 4.62. The predicted octanol–water partition coefficient (Wildman–Crippen LogP) is 3.38. The van der Waals surface area contributed by atoms with Crippen molar-refractivity contribution in [3.8, 4) is 0 Å². The van der Waals surface area contributed by atoms with E-state index in [0.717, 1.165) is 44.4 Å². The zero-order valence-corrected chi connectivity index (χ0v) is 19.1. The van der Waals surface area contributed by atoms with Gasteiger partial charge >= 0.3 is 6.09 Å². The van der Waals surface area contributed by atoms with Crippen molar-refractivity contribution in [1.29, 1.82) is 0 Å². The monoisotopic (exact) mass is 426 g/mol. The van der Waals surface area contributed by atoms with Crippen LogP contribution in [0.4, 0.5) is 4.79 Å². The number of nitrogens with zero attached hydrogens (tertiary/aromatic N) is 3. The summed E-state index contributed by atoms with van der Waals surface area (Å²) in [5.41, 5.74) is 3.18. The van der Waals surface area contributed by atoms with Gasteiger partial charge in [-0.15, -0.1) is 0 Å². The van der Waals surface area contributed by atoms with E-state index >= 15 is 0 Å². The van der Waals surface area contributed by atoms with Gasteiger partial charge in [0, 0.05) is 67.8 Å². The fraction of sp³-hybridized carbons (Fsp3) is 0.583. The summed E-state index contributed by atoms with van der Waals surface area (Å²) in [6.45, 7) is 9.16. The summed E-state index contributed by atoms with van der Waals surface area (Å²) in [7, 11) is 1.81. The third-order valence-corrected chi connectivity index (χ3v) is 6.38. The molecule has 0 radical (unpaired) electrons. The highest BCUT2D eigenvalue weighted by molar-refractivity contribution is 5.86. The van der Waals surface area contributed by atoms with Crippen molar-refractivity contribution in [3.05, 3.63) is 35.5 Å². The molecule has 2 aromatic rings. The zero-order valence-electron chi connectivity index (χ0n) is 19.1. The number of fused-ring (bicyclic) bond motifs is 3. The molecule has 0 atom stereocenters. The van der Waals surface area contributed by atoms with E-state index in [1.165, 1.54) is 16.6 Å². The second-order valence-corrected chi connectivity index (χ2v) is 9.79. The van der Waals surface area contributed by atoms with Crippen LogP contribution in [-0.4, -0.2) is 76.6 Å². The van der Waals surface area contributed by atoms with Gasteiger partial charge in [0.25, 0.3) is 0 Å². The van der Waals surface area contributed by atoms with Crippen molar-refractivity contribution in [1.82, 2.24) is 19.7 Å². The average molecular weight is 427 g/mol. The minimum atomic E-state index is -0.489. The maximum Gasteiger partial charge on any atom is 0.410 e. The van der Waals surface area contributed by atoms with Gasteiger partial charge in [-0.2, -0.15) is 0 Å². The van der Waals surface area contributed by atoms with Gasteiger partial charge in [0.1, 0.15) is 5.60 Å². The van der Waals surface area contributed by atoms with E-state index < -0.39 is 5.60 Å². The molecule has 0 unspecified atom stereocenters. The molecular weight excluding hydrogens is 392 g/mol. The van der Waals surface area contributed by atoms with E-state index in [9.17, 15) is 9.59 Å². The number of aromatic amines is 1. The van der Waals surface area contributed by atoms with E-state index in [2.05, 4.69) is 28.1 Å². The number of carbonyl (C=O) groups is 2. The smallest absolute Gasteiger partial charge is 0.410 e. The molecule has 0 saturated carbocycles. The van der Waals surface area contributed by atoms with E-state index in [1.807, 2.05) is 38.8 Å². The minimum absolute atomic E-state index is 0.157. The second kappa shape index (κ2) is 8.54. The van der Waals surface area contributed by atoms with Crippen molar-refractivity contribution in [3.63, 3.8) is 0 Å². The van der Waals surface area contributed by atoms with Crippen molar-refractivity contribution in [2.75, 3.05) is 33.2 Å². The average Bonchev–Trinajstić information content (AvgIpc) is 3.10. The van der Waals surface area contributed by atoms with Crippen molar-refractivity contribution in [2.24, 2.45) is 0 Å². The number of nitrogens with one attached hydrogen (secondary N) is 1. The number of ether oxygens (including phenoxy) is 1. The van der Waals surface area contributed by atoms with Crippen LogP contribution >= 0.6 is 0 Å². The first-order valence-corrected chi connectivity index (χ1v) is 11.3. The topological polar surface area (TPSA) is 68.9 Å². The summed E-state index contributed by atoms with van der Waals surface area (Å²) in [4.78, 5) is 34.7. The summed E-state index contributed by atoms with van der Waals surface area (Å²) in [6.07, 6.45) is 2.31. The number of H-pyrrole nitrogens is 1. The van der Waals surface area contributed by atoms with Gasteiger partial charge in [0.05, 0.1) is 6.54 Å². The lowest BCUT2D eigenvalue weighted by molar-refractivity contribution is -0.133. The summed E-state index contributed by atoms with van der Waals surface area (Å²) >= 11 is 0. The van der Waals surface area contributed by atoms with Gasteiger partial charge in [-0.05, 0) is 39.7 Å². The molecule has 4 rings (SSSR count). The largest absolute Gasteiger partial charge is 0.444 e. The maximum absolute atomic E-state index is 13.0. The highest BCUT2D eigenvalue weighted by Crippen LogP contribution is 2.28. The first-order valence-electron chi connectivity index (χ1n) is 11.3. The third-order valence-electron chi connectivity index (χ3n) is 6.38. The summed E-state index contributed by atoms with van der Waals surface area (Å²) < 4.78 is 5.49. The molecule has 0 spiro atoms. The number of aromatic nitrogens is 1.